The van der Waals surface area contributed by atoms with Gasteiger partial charge in [-0.1, -0.05) is 0 Å². The summed E-state index contributed by atoms with van der Waals surface area (Å²) in [5.74, 6) is 0.0376. The highest BCUT2D eigenvalue weighted by Gasteiger charge is 2.10. The van der Waals surface area contributed by atoms with Gasteiger partial charge in [0.05, 0.1) is 6.61 Å². The fourth-order valence-electron chi connectivity index (χ4n) is 0.826. The number of hydrogen-bond acceptors (Lipinski definition) is 8. The van der Waals surface area contributed by atoms with Crippen LogP contribution in [0.5, 0.6) is 0 Å². The number of anilines is 3. The van der Waals surface area contributed by atoms with E-state index in [1.165, 1.54) is 0 Å². The molecule has 0 spiro atoms. The van der Waals surface area contributed by atoms with Gasteiger partial charge in [-0.2, -0.15) is 20.0 Å². The van der Waals surface area contributed by atoms with Gasteiger partial charge in [-0.05, 0) is 6.92 Å². The number of rotatable bonds is 4. The van der Waals surface area contributed by atoms with Crippen LogP contribution < -0.4 is 16.5 Å². The van der Waals surface area contributed by atoms with Crippen molar-refractivity contribution >= 4 is 17.8 Å². The first-order valence-electron chi connectivity index (χ1n) is 3.95. The van der Waals surface area contributed by atoms with Crippen LogP contribution >= 0.6 is 0 Å². The fourth-order valence-corrected chi connectivity index (χ4v) is 0.826. The van der Waals surface area contributed by atoms with E-state index in [0.29, 0.717) is 6.61 Å². The molecule has 1 aromatic heterocycles. The van der Waals surface area contributed by atoms with E-state index < -0.39 is 6.73 Å². The Bertz CT molecular complexity index is 286. The van der Waals surface area contributed by atoms with Crippen LogP contribution in [0.1, 0.15) is 6.92 Å². The first-order chi connectivity index (χ1) is 6.67. The summed E-state index contributed by atoms with van der Waals surface area (Å²) in [6.45, 7) is 1.74. The quantitative estimate of drug-likeness (QED) is 0.406. The van der Waals surface area contributed by atoms with Gasteiger partial charge in [0.15, 0.2) is 0 Å². The van der Waals surface area contributed by atoms with E-state index in [1.54, 1.807) is 6.92 Å². The lowest BCUT2D eigenvalue weighted by Crippen LogP contribution is -2.27. The SMILES string of the molecule is CCON(CO)c1nc(N)nc(N)n1. The summed E-state index contributed by atoms with van der Waals surface area (Å²) in [4.78, 5) is 16.1. The van der Waals surface area contributed by atoms with Crippen molar-refractivity contribution in [3.8, 4) is 0 Å². The second-order valence-electron chi connectivity index (χ2n) is 2.29. The minimum absolute atomic E-state index is 0.0225. The Morgan fingerprint density at radius 2 is 1.86 bits per heavy atom. The van der Waals surface area contributed by atoms with Crippen LogP contribution in [-0.4, -0.2) is 33.4 Å². The van der Waals surface area contributed by atoms with Gasteiger partial charge in [-0.25, -0.2) is 0 Å². The van der Waals surface area contributed by atoms with Crippen LogP contribution in [0.4, 0.5) is 17.8 Å². The molecule has 0 saturated heterocycles. The van der Waals surface area contributed by atoms with E-state index in [4.69, 9.17) is 21.4 Å². The van der Waals surface area contributed by atoms with Gasteiger partial charge in [0.25, 0.3) is 5.95 Å². The molecule has 5 N–H and O–H groups in total. The summed E-state index contributed by atoms with van der Waals surface area (Å²) in [5.41, 5.74) is 10.7. The van der Waals surface area contributed by atoms with Gasteiger partial charge < -0.3 is 16.6 Å². The summed E-state index contributed by atoms with van der Waals surface area (Å²) in [6, 6.07) is 0. The zero-order valence-corrected chi connectivity index (χ0v) is 7.71. The monoisotopic (exact) mass is 200 g/mol. The van der Waals surface area contributed by atoms with Crippen molar-refractivity contribution in [1.29, 1.82) is 0 Å². The van der Waals surface area contributed by atoms with Crippen molar-refractivity contribution in [3.05, 3.63) is 0 Å². The summed E-state index contributed by atoms with van der Waals surface area (Å²) < 4.78 is 0. The molecule has 0 atom stereocenters. The zero-order chi connectivity index (χ0) is 10.6. The molecule has 0 amide bonds. The molecule has 0 aliphatic carbocycles. The van der Waals surface area contributed by atoms with Crippen molar-refractivity contribution in [2.24, 2.45) is 0 Å². The number of nitrogens with zero attached hydrogens (tertiary/aromatic N) is 4. The lowest BCUT2D eigenvalue weighted by molar-refractivity contribution is 0.0657. The Balaban J connectivity index is 2.91. The van der Waals surface area contributed by atoms with Crippen molar-refractivity contribution < 1.29 is 9.94 Å². The second kappa shape index (κ2) is 4.53. The molecule has 1 heterocycles. The first-order valence-corrected chi connectivity index (χ1v) is 3.95. The Hall–Kier alpha value is -1.67. The Morgan fingerprint density at radius 3 is 2.29 bits per heavy atom. The topological polar surface area (TPSA) is 123 Å². The molecule has 0 bridgehead atoms. The van der Waals surface area contributed by atoms with Crippen molar-refractivity contribution in [3.63, 3.8) is 0 Å². The average Bonchev–Trinajstić information content (AvgIpc) is 2.12. The molecule has 0 unspecified atom stereocenters. The van der Waals surface area contributed by atoms with Crippen LogP contribution in [0.25, 0.3) is 0 Å². The predicted octanol–water partition coefficient (Wildman–Crippen LogP) is -1.26. The zero-order valence-electron chi connectivity index (χ0n) is 7.71. The highest BCUT2D eigenvalue weighted by atomic mass is 16.7. The molecule has 14 heavy (non-hydrogen) atoms. The van der Waals surface area contributed by atoms with Crippen molar-refractivity contribution in [2.75, 3.05) is 29.9 Å². The molecular weight excluding hydrogens is 188 g/mol. The van der Waals surface area contributed by atoms with Crippen molar-refractivity contribution in [1.82, 2.24) is 15.0 Å². The molecular formula is C6H12N6O2. The number of aliphatic hydroxyl groups excluding tert-OH is 1. The van der Waals surface area contributed by atoms with Gasteiger partial charge in [0.2, 0.25) is 11.9 Å². The molecule has 78 valence electrons. The minimum atomic E-state index is -0.392. The van der Waals surface area contributed by atoms with Gasteiger partial charge in [0, 0.05) is 0 Å². The fraction of sp³-hybridized carbons (Fsp3) is 0.500. The maximum atomic E-state index is 8.91. The summed E-state index contributed by atoms with van der Waals surface area (Å²) in [7, 11) is 0. The van der Waals surface area contributed by atoms with E-state index >= 15 is 0 Å². The van der Waals surface area contributed by atoms with E-state index in [0.717, 1.165) is 5.06 Å². The van der Waals surface area contributed by atoms with Crippen LogP contribution in [-0.2, 0) is 4.84 Å². The highest BCUT2D eigenvalue weighted by molar-refractivity contribution is 5.37. The smallest absolute Gasteiger partial charge is 0.258 e. The minimum Gasteiger partial charge on any atom is -0.374 e. The van der Waals surface area contributed by atoms with Crippen LogP contribution in [0, 0.1) is 0 Å². The maximum absolute atomic E-state index is 8.91. The molecule has 0 aliphatic rings. The molecule has 0 saturated carbocycles. The number of hydrogen-bond donors (Lipinski definition) is 3. The van der Waals surface area contributed by atoms with E-state index in [-0.39, 0.29) is 17.8 Å². The van der Waals surface area contributed by atoms with E-state index in [1.807, 2.05) is 0 Å². The van der Waals surface area contributed by atoms with Gasteiger partial charge >= 0.3 is 0 Å². The molecule has 0 aromatic carbocycles. The third-order valence-corrected chi connectivity index (χ3v) is 1.29. The Kier molecular flexibility index (Phi) is 3.37. The summed E-state index contributed by atoms with van der Waals surface area (Å²) >= 11 is 0. The Labute approximate surface area is 80.5 Å². The van der Waals surface area contributed by atoms with E-state index in [2.05, 4.69) is 15.0 Å². The van der Waals surface area contributed by atoms with Crippen LogP contribution in [0.3, 0.4) is 0 Å². The Morgan fingerprint density at radius 1 is 1.29 bits per heavy atom. The maximum Gasteiger partial charge on any atom is 0.258 e. The molecule has 0 radical (unpaired) electrons. The molecule has 1 rings (SSSR count). The van der Waals surface area contributed by atoms with Crippen LogP contribution in [0.2, 0.25) is 0 Å². The summed E-state index contributed by atoms with van der Waals surface area (Å²) in [6.07, 6.45) is 0. The molecule has 0 fully saturated rings. The largest absolute Gasteiger partial charge is 0.374 e. The number of nitrogen functional groups attached to an aromatic ring is 2. The van der Waals surface area contributed by atoms with Gasteiger partial charge in [-0.3, -0.25) is 4.84 Å². The molecule has 8 nitrogen and oxygen atoms in total. The number of aliphatic hydroxyl groups is 1. The third kappa shape index (κ3) is 2.41. The predicted molar refractivity (Wildman–Crippen MR) is 49.8 cm³/mol. The summed E-state index contributed by atoms with van der Waals surface area (Å²) in [5, 5.41) is 9.98. The molecule has 8 heteroatoms. The average molecular weight is 200 g/mol. The number of aromatic nitrogens is 3. The lowest BCUT2D eigenvalue weighted by atomic mass is 10.8. The lowest BCUT2D eigenvalue weighted by Gasteiger charge is -2.17. The van der Waals surface area contributed by atoms with Gasteiger partial charge in [0.1, 0.15) is 6.73 Å². The second-order valence-corrected chi connectivity index (χ2v) is 2.29. The standard InChI is InChI=1S/C6H12N6O2/c1-2-14-12(3-13)6-10-4(7)9-5(8)11-6/h13H,2-3H2,1H3,(H4,7,8,9,10,11). The van der Waals surface area contributed by atoms with Crippen molar-refractivity contribution in [2.45, 2.75) is 6.92 Å². The molecule has 1 aromatic rings. The highest BCUT2D eigenvalue weighted by Crippen LogP contribution is 2.09. The van der Waals surface area contributed by atoms with Gasteiger partial charge in [-0.15, -0.1) is 0 Å². The molecule has 0 aliphatic heterocycles. The number of hydroxylamine groups is 1. The third-order valence-electron chi connectivity index (χ3n) is 1.29. The first kappa shape index (κ1) is 10.4. The number of nitrogens with two attached hydrogens (primary N) is 2. The van der Waals surface area contributed by atoms with E-state index in [9.17, 15) is 0 Å². The van der Waals surface area contributed by atoms with Crippen LogP contribution in [0.15, 0.2) is 0 Å². The normalized spacial score (nSPS) is 10.1.